The number of hydrogen-bond donors (Lipinski definition) is 2. The SMILES string of the molecule is CNC(=O)CNCc1cccc(F)c1Br. The molecule has 82 valence electrons. The highest BCUT2D eigenvalue weighted by molar-refractivity contribution is 9.10. The maximum Gasteiger partial charge on any atom is 0.233 e. The first-order valence-electron chi connectivity index (χ1n) is 4.49. The molecular weight excluding hydrogens is 263 g/mol. The summed E-state index contributed by atoms with van der Waals surface area (Å²) in [5.74, 6) is -0.392. The minimum absolute atomic E-state index is 0.0949. The maximum atomic E-state index is 13.1. The van der Waals surface area contributed by atoms with Crippen LogP contribution in [0.2, 0.25) is 0 Å². The van der Waals surface area contributed by atoms with Crippen LogP contribution in [0.4, 0.5) is 4.39 Å². The van der Waals surface area contributed by atoms with Gasteiger partial charge >= 0.3 is 0 Å². The number of amides is 1. The molecular formula is C10H12BrFN2O. The zero-order chi connectivity index (χ0) is 11.3. The van der Waals surface area contributed by atoms with Gasteiger partial charge in [-0.15, -0.1) is 0 Å². The van der Waals surface area contributed by atoms with Gasteiger partial charge in [0.2, 0.25) is 5.91 Å². The van der Waals surface area contributed by atoms with E-state index in [0.717, 1.165) is 5.56 Å². The van der Waals surface area contributed by atoms with Crippen molar-refractivity contribution < 1.29 is 9.18 Å². The molecule has 0 aliphatic rings. The average Bonchev–Trinajstić information content (AvgIpc) is 2.24. The summed E-state index contributed by atoms with van der Waals surface area (Å²) in [6.07, 6.45) is 0. The second-order valence-corrected chi connectivity index (χ2v) is 3.78. The van der Waals surface area contributed by atoms with Crippen molar-refractivity contribution in [3.63, 3.8) is 0 Å². The molecule has 5 heteroatoms. The fourth-order valence-electron chi connectivity index (χ4n) is 1.08. The van der Waals surface area contributed by atoms with Crippen molar-refractivity contribution in [2.75, 3.05) is 13.6 Å². The number of nitrogens with one attached hydrogen (secondary N) is 2. The lowest BCUT2D eigenvalue weighted by atomic mass is 10.2. The first-order chi connectivity index (χ1) is 7.15. The van der Waals surface area contributed by atoms with E-state index in [4.69, 9.17) is 0 Å². The van der Waals surface area contributed by atoms with E-state index in [9.17, 15) is 9.18 Å². The molecule has 2 N–H and O–H groups in total. The molecule has 0 atom stereocenters. The predicted molar refractivity (Wildman–Crippen MR) is 59.9 cm³/mol. The molecule has 0 saturated heterocycles. The van der Waals surface area contributed by atoms with Crippen molar-refractivity contribution in [1.29, 1.82) is 0 Å². The van der Waals surface area contributed by atoms with Crippen LogP contribution in [0, 0.1) is 5.82 Å². The van der Waals surface area contributed by atoms with Crippen molar-refractivity contribution in [3.05, 3.63) is 34.1 Å². The minimum atomic E-state index is -0.297. The zero-order valence-electron chi connectivity index (χ0n) is 8.31. The molecule has 0 radical (unpaired) electrons. The predicted octanol–water partition coefficient (Wildman–Crippen LogP) is 1.42. The van der Waals surface area contributed by atoms with Gasteiger partial charge < -0.3 is 10.6 Å². The molecule has 0 saturated carbocycles. The molecule has 3 nitrogen and oxygen atoms in total. The standard InChI is InChI=1S/C10H12BrFN2O/c1-13-9(15)6-14-5-7-3-2-4-8(12)10(7)11/h2-4,14H,5-6H2,1H3,(H,13,15). The number of benzene rings is 1. The Bertz CT molecular complexity index is 357. The highest BCUT2D eigenvalue weighted by atomic mass is 79.9. The van der Waals surface area contributed by atoms with Crippen LogP contribution in [-0.2, 0) is 11.3 Å². The smallest absolute Gasteiger partial charge is 0.233 e. The number of carbonyl (C=O) groups is 1. The summed E-state index contributed by atoms with van der Waals surface area (Å²) >= 11 is 3.15. The lowest BCUT2D eigenvalue weighted by molar-refractivity contribution is -0.119. The van der Waals surface area contributed by atoms with Crippen molar-refractivity contribution >= 4 is 21.8 Å². The normalized spacial score (nSPS) is 10.1. The minimum Gasteiger partial charge on any atom is -0.358 e. The molecule has 0 spiro atoms. The van der Waals surface area contributed by atoms with Crippen LogP contribution in [-0.4, -0.2) is 19.5 Å². The lowest BCUT2D eigenvalue weighted by Crippen LogP contribution is -2.31. The maximum absolute atomic E-state index is 13.1. The molecule has 1 rings (SSSR count). The van der Waals surface area contributed by atoms with E-state index < -0.39 is 0 Å². The Morgan fingerprint density at radius 2 is 2.27 bits per heavy atom. The molecule has 15 heavy (non-hydrogen) atoms. The average molecular weight is 275 g/mol. The quantitative estimate of drug-likeness (QED) is 0.872. The third kappa shape index (κ3) is 3.60. The van der Waals surface area contributed by atoms with Crippen molar-refractivity contribution in [2.45, 2.75) is 6.54 Å². The van der Waals surface area contributed by atoms with Gasteiger partial charge in [0.05, 0.1) is 11.0 Å². The second kappa shape index (κ2) is 5.82. The van der Waals surface area contributed by atoms with Crippen LogP contribution in [0.3, 0.4) is 0 Å². The Morgan fingerprint density at radius 3 is 2.93 bits per heavy atom. The summed E-state index contributed by atoms with van der Waals surface area (Å²) < 4.78 is 13.5. The van der Waals surface area contributed by atoms with Gasteiger partial charge in [-0.1, -0.05) is 12.1 Å². The van der Waals surface area contributed by atoms with E-state index in [0.29, 0.717) is 11.0 Å². The van der Waals surface area contributed by atoms with Crippen LogP contribution in [0.5, 0.6) is 0 Å². The Balaban J connectivity index is 2.51. The molecule has 1 amide bonds. The van der Waals surface area contributed by atoms with Gasteiger partial charge in [-0.05, 0) is 27.6 Å². The van der Waals surface area contributed by atoms with Crippen molar-refractivity contribution in [1.82, 2.24) is 10.6 Å². The number of rotatable bonds is 4. The third-order valence-corrected chi connectivity index (χ3v) is 2.80. The Morgan fingerprint density at radius 1 is 1.53 bits per heavy atom. The summed E-state index contributed by atoms with van der Waals surface area (Å²) in [5, 5.41) is 5.40. The molecule has 0 unspecified atom stereocenters. The number of carbonyl (C=O) groups excluding carboxylic acids is 1. The number of halogens is 2. The third-order valence-electron chi connectivity index (χ3n) is 1.91. The first-order valence-corrected chi connectivity index (χ1v) is 5.28. The van der Waals surface area contributed by atoms with E-state index in [1.165, 1.54) is 6.07 Å². The Labute approximate surface area is 96.2 Å². The van der Waals surface area contributed by atoms with Crippen LogP contribution >= 0.6 is 15.9 Å². The zero-order valence-corrected chi connectivity index (χ0v) is 9.90. The molecule has 0 aliphatic carbocycles. The highest BCUT2D eigenvalue weighted by Gasteiger charge is 2.04. The summed E-state index contributed by atoms with van der Waals surface area (Å²) in [6, 6.07) is 4.81. The van der Waals surface area contributed by atoms with Crippen molar-refractivity contribution in [2.24, 2.45) is 0 Å². The number of likely N-dealkylation sites (N-methyl/N-ethyl adjacent to an activating group) is 1. The summed E-state index contributed by atoms with van der Waals surface area (Å²) in [5.41, 5.74) is 0.791. The summed E-state index contributed by atoms with van der Waals surface area (Å²) in [4.78, 5) is 10.9. The Hall–Kier alpha value is -0.940. The van der Waals surface area contributed by atoms with Gasteiger partial charge in [-0.3, -0.25) is 4.79 Å². The number of hydrogen-bond acceptors (Lipinski definition) is 2. The first kappa shape index (κ1) is 12.1. The molecule has 0 fully saturated rings. The van der Waals surface area contributed by atoms with Crippen molar-refractivity contribution in [3.8, 4) is 0 Å². The monoisotopic (exact) mass is 274 g/mol. The Kier molecular flexibility index (Phi) is 4.71. The van der Waals surface area contributed by atoms with Gasteiger partial charge in [-0.25, -0.2) is 4.39 Å². The van der Waals surface area contributed by atoms with Gasteiger partial charge in [0, 0.05) is 13.6 Å². The summed E-state index contributed by atoms with van der Waals surface area (Å²) in [7, 11) is 1.57. The fourth-order valence-corrected chi connectivity index (χ4v) is 1.49. The highest BCUT2D eigenvalue weighted by Crippen LogP contribution is 2.19. The molecule has 0 bridgehead atoms. The van der Waals surface area contributed by atoms with E-state index in [1.54, 1.807) is 19.2 Å². The largest absolute Gasteiger partial charge is 0.358 e. The topological polar surface area (TPSA) is 41.1 Å². The van der Waals surface area contributed by atoms with E-state index in [1.807, 2.05) is 0 Å². The van der Waals surface area contributed by atoms with E-state index >= 15 is 0 Å². The van der Waals surface area contributed by atoms with E-state index in [2.05, 4.69) is 26.6 Å². The van der Waals surface area contributed by atoms with Gasteiger partial charge in [0.15, 0.2) is 0 Å². The molecule has 1 aromatic rings. The molecule has 0 aliphatic heterocycles. The molecule has 1 aromatic carbocycles. The van der Waals surface area contributed by atoms with Crippen LogP contribution in [0.15, 0.2) is 22.7 Å². The fraction of sp³-hybridized carbons (Fsp3) is 0.300. The van der Waals surface area contributed by atoms with Gasteiger partial charge in [0.25, 0.3) is 0 Å². The van der Waals surface area contributed by atoms with Crippen LogP contribution in [0.1, 0.15) is 5.56 Å². The van der Waals surface area contributed by atoms with Crippen LogP contribution in [0.25, 0.3) is 0 Å². The summed E-state index contributed by atoms with van der Waals surface area (Å²) in [6.45, 7) is 0.672. The molecule has 0 heterocycles. The van der Waals surface area contributed by atoms with Gasteiger partial charge in [0.1, 0.15) is 5.82 Å². The second-order valence-electron chi connectivity index (χ2n) is 2.99. The van der Waals surface area contributed by atoms with Gasteiger partial charge in [-0.2, -0.15) is 0 Å². The lowest BCUT2D eigenvalue weighted by Gasteiger charge is -2.06. The molecule has 0 aromatic heterocycles. The van der Waals surface area contributed by atoms with Crippen LogP contribution < -0.4 is 10.6 Å². The van der Waals surface area contributed by atoms with E-state index in [-0.39, 0.29) is 18.3 Å².